The van der Waals surface area contributed by atoms with E-state index >= 15 is 0 Å². The van der Waals surface area contributed by atoms with Crippen molar-refractivity contribution >= 4 is 18.3 Å². The highest BCUT2D eigenvalue weighted by atomic mass is 19.1. The van der Waals surface area contributed by atoms with Gasteiger partial charge >= 0.3 is 7.12 Å². The number of aliphatic hydroxyl groups is 1. The summed E-state index contributed by atoms with van der Waals surface area (Å²) in [5.74, 6) is -0.616. The monoisotopic (exact) mass is 267 g/mol. The van der Waals surface area contributed by atoms with E-state index in [0.717, 1.165) is 0 Å². The molecule has 4 nitrogen and oxygen atoms in total. The maximum atomic E-state index is 13.9. The van der Waals surface area contributed by atoms with Crippen molar-refractivity contribution in [2.45, 2.75) is 45.5 Å². The molecule has 0 aromatic heterocycles. The second-order valence-electron chi connectivity index (χ2n) is 5.79. The van der Waals surface area contributed by atoms with Gasteiger partial charge in [-0.2, -0.15) is 0 Å². The number of nitrogens with two attached hydrogens (primary N) is 1. The summed E-state index contributed by atoms with van der Waals surface area (Å²) in [5, 5.41) is 9.01. The van der Waals surface area contributed by atoms with Crippen molar-refractivity contribution in [3.63, 3.8) is 0 Å². The first-order chi connectivity index (χ1) is 8.69. The van der Waals surface area contributed by atoms with Crippen molar-refractivity contribution in [3.8, 4) is 0 Å². The van der Waals surface area contributed by atoms with E-state index in [4.69, 9.17) is 20.1 Å². The minimum atomic E-state index is -0.702. The van der Waals surface area contributed by atoms with Gasteiger partial charge in [0.15, 0.2) is 5.82 Å². The van der Waals surface area contributed by atoms with Gasteiger partial charge in [-0.15, -0.1) is 0 Å². The smallest absolute Gasteiger partial charge is 0.399 e. The topological polar surface area (TPSA) is 64.7 Å². The van der Waals surface area contributed by atoms with Crippen LogP contribution < -0.4 is 11.2 Å². The zero-order valence-electron chi connectivity index (χ0n) is 11.7. The van der Waals surface area contributed by atoms with Crippen LogP contribution in [0.4, 0.5) is 10.1 Å². The molecule has 19 heavy (non-hydrogen) atoms. The summed E-state index contributed by atoms with van der Waals surface area (Å²) in [6.07, 6.45) is 0. The van der Waals surface area contributed by atoms with Gasteiger partial charge in [-0.25, -0.2) is 4.39 Å². The van der Waals surface area contributed by atoms with Gasteiger partial charge in [0.2, 0.25) is 0 Å². The maximum absolute atomic E-state index is 13.9. The summed E-state index contributed by atoms with van der Waals surface area (Å²) in [7, 11) is -0.702. The van der Waals surface area contributed by atoms with Crippen molar-refractivity contribution < 1.29 is 18.8 Å². The molecule has 1 fully saturated rings. The number of rotatable bonds is 2. The van der Waals surface area contributed by atoms with Gasteiger partial charge < -0.3 is 20.1 Å². The van der Waals surface area contributed by atoms with Gasteiger partial charge in [-0.1, -0.05) is 12.1 Å². The molecule has 1 aromatic carbocycles. The van der Waals surface area contributed by atoms with Gasteiger partial charge in [-0.05, 0) is 27.7 Å². The summed E-state index contributed by atoms with van der Waals surface area (Å²) in [5.41, 5.74) is 5.34. The minimum absolute atomic E-state index is 0.0370. The predicted molar refractivity (Wildman–Crippen MR) is 72.5 cm³/mol. The Morgan fingerprint density at radius 1 is 1.21 bits per heavy atom. The summed E-state index contributed by atoms with van der Waals surface area (Å²) in [6, 6.07) is 3.12. The Morgan fingerprint density at radius 2 is 1.74 bits per heavy atom. The number of benzene rings is 1. The van der Waals surface area contributed by atoms with Crippen LogP contribution in [0.15, 0.2) is 12.1 Å². The van der Waals surface area contributed by atoms with Gasteiger partial charge in [0.1, 0.15) is 0 Å². The normalized spacial score (nSPS) is 20.8. The van der Waals surface area contributed by atoms with Crippen molar-refractivity contribution in [1.82, 2.24) is 0 Å². The maximum Gasteiger partial charge on any atom is 0.497 e. The molecule has 1 aliphatic rings. The molecule has 0 saturated carbocycles. The van der Waals surface area contributed by atoms with Crippen LogP contribution in [0.3, 0.4) is 0 Å². The first-order valence-corrected chi connectivity index (χ1v) is 6.23. The molecular weight excluding hydrogens is 248 g/mol. The molecule has 104 valence electrons. The van der Waals surface area contributed by atoms with Crippen molar-refractivity contribution in [2.75, 3.05) is 5.73 Å². The molecule has 1 heterocycles. The van der Waals surface area contributed by atoms with Crippen molar-refractivity contribution in [2.24, 2.45) is 0 Å². The molecule has 0 spiro atoms. The van der Waals surface area contributed by atoms with E-state index in [-0.39, 0.29) is 17.9 Å². The van der Waals surface area contributed by atoms with Gasteiger partial charge in [0.25, 0.3) is 0 Å². The Hall–Kier alpha value is -1.11. The van der Waals surface area contributed by atoms with E-state index in [9.17, 15) is 4.39 Å². The van der Waals surface area contributed by atoms with Crippen LogP contribution in [-0.4, -0.2) is 23.4 Å². The quantitative estimate of drug-likeness (QED) is 0.624. The SMILES string of the molecule is CC1(C)OB(c2ccc(CO)c(F)c2N)OC1(C)C. The lowest BCUT2D eigenvalue weighted by Crippen LogP contribution is -2.41. The average molecular weight is 267 g/mol. The first kappa shape index (κ1) is 14.3. The molecule has 1 aromatic rings. The summed E-state index contributed by atoms with van der Waals surface area (Å²) in [4.78, 5) is 0. The minimum Gasteiger partial charge on any atom is -0.399 e. The van der Waals surface area contributed by atoms with Crippen molar-refractivity contribution in [1.29, 1.82) is 0 Å². The largest absolute Gasteiger partial charge is 0.497 e. The second kappa shape index (κ2) is 4.47. The fourth-order valence-corrected chi connectivity index (χ4v) is 1.95. The Bertz CT molecular complexity index is 489. The van der Waals surface area contributed by atoms with E-state index in [0.29, 0.717) is 5.46 Å². The highest BCUT2D eigenvalue weighted by molar-refractivity contribution is 6.63. The van der Waals surface area contributed by atoms with E-state index in [1.807, 2.05) is 27.7 Å². The first-order valence-electron chi connectivity index (χ1n) is 6.23. The lowest BCUT2D eigenvalue weighted by atomic mass is 9.77. The summed E-state index contributed by atoms with van der Waals surface area (Å²) in [6.45, 7) is 7.28. The summed E-state index contributed by atoms with van der Waals surface area (Å²) >= 11 is 0. The summed E-state index contributed by atoms with van der Waals surface area (Å²) < 4.78 is 25.6. The van der Waals surface area contributed by atoms with E-state index in [1.165, 1.54) is 6.07 Å². The molecule has 0 aliphatic carbocycles. The molecule has 2 rings (SSSR count). The molecule has 3 N–H and O–H groups in total. The van der Waals surface area contributed by atoms with Crippen LogP contribution in [-0.2, 0) is 15.9 Å². The lowest BCUT2D eigenvalue weighted by molar-refractivity contribution is 0.00578. The highest BCUT2D eigenvalue weighted by Gasteiger charge is 2.52. The van der Waals surface area contributed by atoms with Crippen LogP contribution in [0.5, 0.6) is 0 Å². The fraction of sp³-hybridized carbons (Fsp3) is 0.538. The number of anilines is 1. The Kier molecular flexibility index (Phi) is 3.37. The number of aliphatic hydroxyl groups excluding tert-OH is 1. The molecule has 1 saturated heterocycles. The lowest BCUT2D eigenvalue weighted by Gasteiger charge is -2.32. The standard InChI is InChI=1S/C13H19BFNO3/c1-12(2)13(3,4)19-14(18-12)9-6-5-8(7-17)10(15)11(9)16/h5-6,17H,7,16H2,1-4H3. The van der Waals surface area contributed by atoms with Crippen LogP contribution in [0, 0.1) is 5.82 Å². The Morgan fingerprint density at radius 3 is 2.21 bits per heavy atom. The molecule has 0 unspecified atom stereocenters. The van der Waals surface area contributed by atoms with Crippen LogP contribution in [0.1, 0.15) is 33.3 Å². The van der Waals surface area contributed by atoms with E-state index in [2.05, 4.69) is 0 Å². The van der Waals surface area contributed by atoms with Gasteiger partial charge in [0, 0.05) is 11.0 Å². The molecule has 0 amide bonds. The molecule has 1 aliphatic heterocycles. The fourth-order valence-electron chi connectivity index (χ4n) is 1.95. The van der Waals surface area contributed by atoms with Gasteiger partial charge in [0.05, 0.1) is 23.5 Å². The molecular formula is C13H19BFNO3. The average Bonchev–Trinajstić information content (AvgIpc) is 2.51. The highest BCUT2D eigenvalue weighted by Crippen LogP contribution is 2.37. The third-order valence-electron chi connectivity index (χ3n) is 3.97. The Labute approximate surface area is 112 Å². The third kappa shape index (κ3) is 2.24. The van der Waals surface area contributed by atoms with E-state index < -0.39 is 24.1 Å². The molecule has 6 heteroatoms. The predicted octanol–water partition coefficient (Wildman–Crippen LogP) is 1.20. The van der Waals surface area contributed by atoms with Crippen LogP contribution in [0.2, 0.25) is 0 Å². The van der Waals surface area contributed by atoms with Crippen molar-refractivity contribution in [3.05, 3.63) is 23.5 Å². The second-order valence-corrected chi connectivity index (χ2v) is 5.79. The van der Waals surface area contributed by atoms with Gasteiger partial charge in [-0.3, -0.25) is 0 Å². The number of hydrogen-bond acceptors (Lipinski definition) is 4. The number of hydrogen-bond donors (Lipinski definition) is 2. The number of nitrogen functional groups attached to an aromatic ring is 1. The molecule has 0 radical (unpaired) electrons. The van der Waals surface area contributed by atoms with Crippen LogP contribution >= 0.6 is 0 Å². The molecule has 0 bridgehead atoms. The Balaban J connectivity index is 2.38. The molecule has 0 atom stereocenters. The zero-order valence-corrected chi connectivity index (χ0v) is 11.7. The number of halogens is 1. The zero-order chi connectivity index (χ0) is 14.4. The van der Waals surface area contributed by atoms with Crippen LogP contribution in [0.25, 0.3) is 0 Å². The third-order valence-corrected chi connectivity index (χ3v) is 3.97. The van der Waals surface area contributed by atoms with E-state index in [1.54, 1.807) is 6.07 Å².